The van der Waals surface area contributed by atoms with E-state index in [-0.39, 0.29) is 5.91 Å². The zero-order valence-corrected chi connectivity index (χ0v) is 12.0. The largest absolute Gasteiger partial charge is 0.322 e. The van der Waals surface area contributed by atoms with Crippen LogP contribution in [0.1, 0.15) is 30.9 Å². The van der Waals surface area contributed by atoms with Crippen LogP contribution >= 0.6 is 0 Å². The minimum Gasteiger partial charge on any atom is -0.322 e. The van der Waals surface area contributed by atoms with Gasteiger partial charge in [0.2, 0.25) is 5.91 Å². The van der Waals surface area contributed by atoms with Crippen LogP contribution in [0.15, 0.2) is 42.7 Å². The first-order valence-corrected chi connectivity index (χ1v) is 6.63. The predicted octanol–water partition coefficient (Wildman–Crippen LogP) is 3.20. The average molecular weight is 269 g/mol. The zero-order valence-electron chi connectivity index (χ0n) is 12.0. The average Bonchev–Trinajstić information content (AvgIpc) is 2.83. The Labute approximate surface area is 119 Å². The van der Waals surface area contributed by atoms with Crippen molar-refractivity contribution in [2.24, 2.45) is 7.05 Å². The Morgan fingerprint density at radius 2 is 2.10 bits per heavy atom. The molecule has 0 bridgehead atoms. The third kappa shape index (κ3) is 3.57. The molecule has 1 heterocycles. The van der Waals surface area contributed by atoms with E-state index in [9.17, 15) is 4.79 Å². The fourth-order valence-electron chi connectivity index (χ4n) is 1.99. The van der Waals surface area contributed by atoms with Crippen molar-refractivity contribution in [1.29, 1.82) is 0 Å². The number of benzene rings is 1. The van der Waals surface area contributed by atoms with Gasteiger partial charge < -0.3 is 5.32 Å². The summed E-state index contributed by atoms with van der Waals surface area (Å²) in [4.78, 5) is 11.9. The van der Waals surface area contributed by atoms with Crippen LogP contribution in [0.4, 0.5) is 5.69 Å². The van der Waals surface area contributed by atoms with Crippen molar-refractivity contribution in [3.05, 3.63) is 53.9 Å². The molecule has 1 amide bonds. The molecule has 1 aromatic carbocycles. The molecule has 104 valence electrons. The number of rotatable bonds is 4. The molecule has 0 saturated carbocycles. The van der Waals surface area contributed by atoms with Crippen molar-refractivity contribution in [2.75, 3.05) is 5.32 Å². The summed E-state index contributed by atoms with van der Waals surface area (Å²) in [5.41, 5.74) is 2.90. The SMILES string of the molecule is CC(C)c1ccccc1NC(=O)/C=C/c1cnn(C)c1. The lowest BCUT2D eigenvalue weighted by molar-refractivity contribution is -0.111. The summed E-state index contributed by atoms with van der Waals surface area (Å²) in [6, 6.07) is 7.86. The van der Waals surface area contributed by atoms with Crippen LogP contribution in [0.5, 0.6) is 0 Å². The first-order chi connectivity index (χ1) is 9.56. The number of hydrogen-bond acceptors (Lipinski definition) is 2. The summed E-state index contributed by atoms with van der Waals surface area (Å²) >= 11 is 0. The van der Waals surface area contributed by atoms with E-state index in [4.69, 9.17) is 0 Å². The number of aryl methyl sites for hydroxylation is 1. The van der Waals surface area contributed by atoms with Gasteiger partial charge in [-0.3, -0.25) is 9.48 Å². The molecule has 0 aliphatic rings. The summed E-state index contributed by atoms with van der Waals surface area (Å²) in [6.07, 6.45) is 6.84. The Hall–Kier alpha value is -2.36. The van der Waals surface area contributed by atoms with Gasteiger partial charge in [0, 0.05) is 30.6 Å². The molecule has 0 spiro atoms. The minimum atomic E-state index is -0.137. The Morgan fingerprint density at radius 3 is 2.75 bits per heavy atom. The smallest absolute Gasteiger partial charge is 0.248 e. The van der Waals surface area contributed by atoms with Gasteiger partial charge in [0.15, 0.2) is 0 Å². The third-order valence-electron chi connectivity index (χ3n) is 2.99. The fourth-order valence-corrected chi connectivity index (χ4v) is 1.99. The quantitative estimate of drug-likeness (QED) is 0.866. The maximum absolute atomic E-state index is 11.9. The van der Waals surface area contributed by atoms with Gasteiger partial charge in [-0.05, 0) is 23.6 Å². The van der Waals surface area contributed by atoms with E-state index in [1.165, 1.54) is 6.08 Å². The molecular formula is C16H19N3O. The van der Waals surface area contributed by atoms with E-state index in [1.807, 2.05) is 37.5 Å². The van der Waals surface area contributed by atoms with Gasteiger partial charge in [-0.15, -0.1) is 0 Å². The highest BCUT2D eigenvalue weighted by atomic mass is 16.1. The van der Waals surface area contributed by atoms with Crippen molar-refractivity contribution in [2.45, 2.75) is 19.8 Å². The number of nitrogens with zero attached hydrogens (tertiary/aromatic N) is 2. The van der Waals surface area contributed by atoms with Crippen molar-refractivity contribution in [3.63, 3.8) is 0 Å². The number of hydrogen-bond donors (Lipinski definition) is 1. The second-order valence-corrected chi connectivity index (χ2v) is 5.01. The minimum absolute atomic E-state index is 0.137. The van der Waals surface area contributed by atoms with Gasteiger partial charge >= 0.3 is 0 Å². The normalized spacial score (nSPS) is 11.2. The summed E-state index contributed by atoms with van der Waals surface area (Å²) in [6.45, 7) is 4.22. The van der Waals surface area contributed by atoms with Crippen molar-refractivity contribution < 1.29 is 4.79 Å². The number of carbonyl (C=O) groups is 1. The summed E-state index contributed by atoms with van der Waals surface area (Å²) in [5, 5.41) is 6.97. The third-order valence-corrected chi connectivity index (χ3v) is 2.99. The Morgan fingerprint density at radius 1 is 1.35 bits per heavy atom. The van der Waals surface area contributed by atoms with E-state index < -0.39 is 0 Å². The molecule has 0 fully saturated rings. The molecule has 0 aliphatic heterocycles. The number of amides is 1. The van der Waals surface area contributed by atoms with E-state index in [2.05, 4.69) is 24.3 Å². The number of carbonyl (C=O) groups excluding carboxylic acids is 1. The molecule has 2 rings (SSSR count). The van der Waals surface area contributed by atoms with Crippen LogP contribution in [0.2, 0.25) is 0 Å². The molecule has 1 aromatic heterocycles. The Balaban J connectivity index is 2.07. The lowest BCUT2D eigenvalue weighted by Crippen LogP contribution is -2.10. The molecule has 1 N–H and O–H groups in total. The van der Waals surface area contributed by atoms with E-state index >= 15 is 0 Å². The molecular weight excluding hydrogens is 250 g/mol. The van der Waals surface area contributed by atoms with Gasteiger partial charge in [0.05, 0.1) is 6.20 Å². The zero-order chi connectivity index (χ0) is 14.5. The molecule has 0 atom stereocenters. The van der Waals surface area contributed by atoms with Crippen LogP contribution in [0.3, 0.4) is 0 Å². The van der Waals surface area contributed by atoms with Crippen LogP contribution in [0, 0.1) is 0 Å². The van der Waals surface area contributed by atoms with Gasteiger partial charge in [-0.2, -0.15) is 5.10 Å². The monoisotopic (exact) mass is 269 g/mol. The molecule has 0 unspecified atom stereocenters. The fraction of sp³-hybridized carbons (Fsp3) is 0.250. The maximum Gasteiger partial charge on any atom is 0.248 e. The summed E-state index contributed by atoms with van der Waals surface area (Å²) in [5.74, 6) is 0.232. The van der Waals surface area contributed by atoms with Crippen molar-refractivity contribution >= 4 is 17.7 Å². The number of anilines is 1. The second-order valence-electron chi connectivity index (χ2n) is 5.01. The van der Waals surface area contributed by atoms with Crippen LogP contribution in [0.25, 0.3) is 6.08 Å². The van der Waals surface area contributed by atoms with Gasteiger partial charge in [0.25, 0.3) is 0 Å². The standard InChI is InChI=1S/C16H19N3O/c1-12(2)14-6-4-5-7-15(14)18-16(20)9-8-13-10-17-19(3)11-13/h4-12H,1-3H3,(H,18,20)/b9-8+. The molecule has 2 aromatic rings. The molecule has 0 saturated heterocycles. The molecule has 0 aliphatic carbocycles. The lowest BCUT2D eigenvalue weighted by atomic mass is 10.0. The molecule has 4 heteroatoms. The van der Waals surface area contributed by atoms with E-state index in [0.29, 0.717) is 5.92 Å². The topological polar surface area (TPSA) is 46.9 Å². The van der Waals surface area contributed by atoms with Gasteiger partial charge in [-0.25, -0.2) is 0 Å². The summed E-state index contributed by atoms with van der Waals surface area (Å²) < 4.78 is 1.70. The molecule has 20 heavy (non-hydrogen) atoms. The van der Waals surface area contributed by atoms with Gasteiger partial charge in [-0.1, -0.05) is 32.0 Å². The highest BCUT2D eigenvalue weighted by Crippen LogP contribution is 2.23. The lowest BCUT2D eigenvalue weighted by Gasteiger charge is -2.12. The number of nitrogens with one attached hydrogen (secondary N) is 1. The second kappa shape index (κ2) is 6.19. The predicted molar refractivity (Wildman–Crippen MR) is 81.4 cm³/mol. The molecule has 4 nitrogen and oxygen atoms in total. The highest BCUT2D eigenvalue weighted by molar-refractivity contribution is 6.02. The number of aromatic nitrogens is 2. The maximum atomic E-state index is 11.9. The first-order valence-electron chi connectivity index (χ1n) is 6.63. The van der Waals surface area contributed by atoms with Crippen LogP contribution < -0.4 is 5.32 Å². The van der Waals surface area contributed by atoms with E-state index in [0.717, 1.165) is 16.8 Å². The van der Waals surface area contributed by atoms with E-state index in [1.54, 1.807) is 17.0 Å². The summed E-state index contributed by atoms with van der Waals surface area (Å²) in [7, 11) is 1.84. The first kappa shape index (κ1) is 14.1. The van der Waals surface area contributed by atoms with Crippen molar-refractivity contribution in [3.8, 4) is 0 Å². The Bertz CT molecular complexity index is 626. The Kier molecular flexibility index (Phi) is 4.35. The van der Waals surface area contributed by atoms with Crippen LogP contribution in [-0.2, 0) is 11.8 Å². The highest BCUT2D eigenvalue weighted by Gasteiger charge is 2.07. The number of para-hydroxylation sites is 1. The van der Waals surface area contributed by atoms with Gasteiger partial charge in [0.1, 0.15) is 0 Å². The van der Waals surface area contributed by atoms with Crippen LogP contribution in [-0.4, -0.2) is 15.7 Å². The molecule has 0 radical (unpaired) electrons. The van der Waals surface area contributed by atoms with Crippen molar-refractivity contribution in [1.82, 2.24) is 9.78 Å².